The third kappa shape index (κ3) is 3.44. The van der Waals surface area contributed by atoms with Crippen LogP contribution >= 0.6 is 0 Å². The number of fused-ring (bicyclic) bond motifs is 1. The Morgan fingerprint density at radius 1 is 1.03 bits per heavy atom. The van der Waals surface area contributed by atoms with Crippen molar-refractivity contribution in [2.24, 2.45) is 7.05 Å². The van der Waals surface area contributed by atoms with E-state index in [1.54, 1.807) is 47.4 Å². The molecule has 1 saturated carbocycles. The molecule has 1 aliphatic carbocycles. The summed E-state index contributed by atoms with van der Waals surface area (Å²) in [6.45, 7) is 1.91. The molecule has 1 fully saturated rings. The number of hydrogen-bond acceptors (Lipinski definition) is 5. The maximum Gasteiger partial charge on any atom is 0.269 e. The molecule has 32 heavy (non-hydrogen) atoms. The zero-order valence-electron chi connectivity index (χ0n) is 18.0. The topological polar surface area (TPSA) is 86.8 Å². The number of pyridine rings is 1. The van der Waals surface area contributed by atoms with Crippen LogP contribution in [-0.2, 0) is 21.9 Å². The van der Waals surface area contributed by atoms with Crippen LogP contribution in [0.15, 0.2) is 59.9 Å². The predicted molar refractivity (Wildman–Crippen MR) is 122 cm³/mol. The Morgan fingerprint density at radius 3 is 2.41 bits per heavy atom. The number of hydrogen-bond donors (Lipinski definition) is 0. The van der Waals surface area contributed by atoms with Gasteiger partial charge in [0.05, 0.1) is 10.6 Å². The molecule has 1 aliphatic rings. The molecule has 0 unspecified atom stereocenters. The Morgan fingerprint density at radius 2 is 1.75 bits per heavy atom. The maximum atomic E-state index is 13.5. The minimum atomic E-state index is -3.82. The molecule has 0 bridgehead atoms. The summed E-state index contributed by atoms with van der Waals surface area (Å²) < 4.78 is 29.9. The number of aryl methyl sites for hydroxylation is 2. The summed E-state index contributed by atoms with van der Waals surface area (Å²) >= 11 is 0. The first-order chi connectivity index (χ1) is 15.3. The molecule has 0 radical (unpaired) electrons. The van der Waals surface area contributed by atoms with Crippen molar-refractivity contribution in [1.29, 1.82) is 0 Å². The van der Waals surface area contributed by atoms with E-state index in [0.717, 1.165) is 40.6 Å². The van der Waals surface area contributed by atoms with Crippen LogP contribution in [0.1, 0.15) is 42.9 Å². The Balaban J connectivity index is 1.72. The smallest absolute Gasteiger partial charge is 0.269 e. The van der Waals surface area contributed by atoms with Gasteiger partial charge in [-0.2, -0.15) is 5.10 Å². The van der Waals surface area contributed by atoms with Gasteiger partial charge in [0.2, 0.25) is 0 Å². The fourth-order valence-corrected chi connectivity index (χ4v) is 5.91. The fourth-order valence-electron chi connectivity index (χ4n) is 4.56. The second kappa shape index (κ2) is 7.70. The third-order valence-corrected chi connectivity index (χ3v) is 7.92. The fraction of sp³-hybridized carbons (Fsp3) is 0.292. The molecule has 1 aromatic carbocycles. The van der Waals surface area contributed by atoms with E-state index in [9.17, 15) is 13.2 Å². The maximum absolute atomic E-state index is 13.5. The van der Waals surface area contributed by atoms with Crippen LogP contribution in [0.5, 0.6) is 0 Å². The lowest BCUT2D eigenvalue weighted by Gasteiger charge is -2.21. The van der Waals surface area contributed by atoms with Gasteiger partial charge in [-0.3, -0.25) is 9.48 Å². The highest BCUT2D eigenvalue weighted by Gasteiger charge is 2.26. The van der Waals surface area contributed by atoms with E-state index in [1.165, 1.54) is 3.97 Å². The Bertz CT molecular complexity index is 1420. The van der Waals surface area contributed by atoms with Gasteiger partial charge in [-0.1, -0.05) is 18.2 Å². The number of Topliss-reactive ketones (excluding diaryl/α,β-unsaturated/α-hetero) is 1. The predicted octanol–water partition coefficient (Wildman–Crippen LogP) is 4.21. The van der Waals surface area contributed by atoms with Crippen LogP contribution in [0.3, 0.4) is 0 Å². The van der Waals surface area contributed by atoms with Crippen molar-refractivity contribution < 1.29 is 13.2 Å². The number of aromatic nitrogens is 4. The van der Waals surface area contributed by atoms with E-state index in [-0.39, 0.29) is 10.8 Å². The van der Waals surface area contributed by atoms with E-state index >= 15 is 0 Å². The third-order valence-electron chi connectivity index (χ3n) is 6.25. The average molecular weight is 449 g/mol. The summed E-state index contributed by atoms with van der Waals surface area (Å²) in [5, 5.41) is 5.22. The number of benzene rings is 1. The number of rotatable bonds is 4. The van der Waals surface area contributed by atoms with Crippen molar-refractivity contribution in [2.45, 2.75) is 43.4 Å². The van der Waals surface area contributed by atoms with E-state index in [1.807, 2.05) is 26.2 Å². The van der Waals surface area contributed by atoms with Crippen LogP contribution in [-0.4, -0.2) is 32.9 Å². The monoisotopic (exact) mass is 448 g/mol. The van der Waals surface area contributed by atoms with E-state index in [4.69, 9.17) is 0 Å². The van der Waals surface area contributed by atoms with Crippen molar-refractivity contribution in [3.05, 3.63) is 66.2 Å². The second-order valence-corrected chi connectivity index (χ2v) is 10.2. The van der Waals surface area contributed by atoms with Gasteiger partial charge in [-0.05, 0) is 49.4 Å². The minimum absolute atomic E-state index is 0.211. The normalized spacial score (nSPS) is 15.5. The molecule has 7 nitrogen and oxygen atoms in total. The van der Waals surface area contributed by atoms with Gasteiger partial charge in [-0.15, -0.1) is 0 Å². The lowest BCUT2D eigenvalue weighted by Crippen LogP contribution is -2.13. The SMILES string of the molecule is Cc1nn(C)cc1-c1cn(S(=O)(=O)c2ccccc2)c2ncc(C3CCC(=O)CC3)cc12. The summed E-state index contributed by atoms with van der Waals surface area (Å²) in [6.07, 6.45) is 8.08. The molecule has 5 rings (SSSR count). The van der Waals surface area contributed by atoms with Crippen molar-refractivity contribution >= 4 is 26.8 Å². The summed E-state index contributed by atoms with van der Waals surface area (Å²) in [7, 11) is -1.98. The number of ketones is 1. The molecule has 164 valence electrons. The molecule has 8 heteroatoms. The van der Waals surface area contributed by atoms with Gasteiger partial charge >= 0.3 is 0 Å². The van der Waals surface area contributed by atoms with Crippen LogP contribution in [0.2, 0.25) is 0 Å². The molecule has 0 aliphatic heterocycles. The van der Waals surface area contributed by atoms with Crippen LogP contribution in [0.4, 0.5) is 0 Å². The van der Waals surface area contributed by atoms with E-state index in [0.29, 0.717) is 24.3 Å². The van der Waals surface area contributed by atoms with Gasteiger partial charge in [0.1, 0.15) is 5.78 Å². The number of carbonyl (C=O) groups excluding carboxylic acids is 1. The van der Waals surface area contributed by atoms with Gasteiger partial charge < -0.3 is 0 Å². The lowest BCUT2D eigenvalue weighted by atomic mass is 9.84. The van der Waals surface area contributed by atoms with Gasteiger partial charge in [-0.25, -0.2) is 17.4 Å². The first kappa shape index (κ1) is 20.6. The summed E-state index contributed by atoms with van der Waals surface area (Å²) in [4.78, 5) is 16.5. The average Bonchev–Trinajstić information content (AvgIpc) is 3.33. The van der Waals surface area contributed by atoms with Gasteiger partial charge in [0.15, 0.2) is 5.65 Å². The van der Waals surface area contributed by atoms with Crippen molar-refractivity contribution in [1.82, 2.24) is 18.7 Å². The molecule has 3 heterocycles. The van der Waals surface area contributed by atoms with Gasteiger partial charge in [0.25, 0.3) is 10.0 Å². The number of carbonyl (C=O) groups is 1. The van der Waals surface area contributed by atoms with Crippen LogP contribution in [0, 0.1) is 6.92 Å². The van der Waals surface area contributed by atoms with E-state index in [2.05, 4.69) is 10.1 Å². The highest BCUT2D eigenvalue weighted by atomic mass is 32.2. The zero-order chi connectivity index (χ0) is 22.5. The standard InChI is InChI=1S/C24H24N4O3S/c1-16-22(14-27(2)26-16)23-15-28(32(30,31)20-6-4-3-5-7-20)24-21(23)12-18(13-25-24)17-8-10-19(29)11-9-17/h3-7,12-15,17H,8-11H2,1-2H3. The molecular weight excluding hydrogens is 424 g/mol. The molecule has 0 amide bonds. The first-order valence-electron chi connectivity index (χ1n) is 10.7. The molecule has 3 aromatic heterocycles. The van der Waals surface area contributed by atoms with Crippen LogP contribution < -0.4 is 0 Å². The highest BCUT2D eigenvalue weighted by Crippen LogP contribution is 2.37. The molecule has 4 aromatic rings. The molecule has 0 N–H and O–H groups in total. The largest absolute Gasteiger partial charge is 0.300 e. The zero-order valence-corrected chi connectivity index (χ0v) is 18.8. The van der Waals surface area contributed by atoms with Gasteiger partial charge in [0, 0.05) is 55.0 Å². The lowest BCUT2D eigenvalue weighted by molar-refractivity contribution is -0.120. The summed E-state index contributed by atoms with van der Waals surface area (Å²) in [5.74, 6) is 0.559. The molecule has 0 saturated heterocycles. The minimum Gasteiger partial charge on any atom is -0.300 e. The van der Waals surface area contributed by atoms with Crippen molar-refractivity contribution in [3.63, 3.8) is 0 Å². The van der Waals surface area contributed by atoms with Crippen LogP contribution in [0.25, 0.3) is 22.2 Å². The molecule has 0 atom stereocenters. The summed E-state index contributed by atoms with van der Waals surface area (Å²) in [6, 6.07) is 10.4. The second-order valence-electron chi connectivity index (χ2n) is 8.41. The Hall–Kier alpha value is -3.26. The Kier molecular flexibility index (Phi) is 4.97. The quantitative estimate of drug-likeness (QED) is 0.467. The molecule has 0 spiro atoms. The first-order valence-corrected chi connectivity index (χ1v) is 12.1. The summed E-state index contributed by atoms with van der Waals surface area (Å²) in [5.41, 5.74) is 3.91. The van der Waals surface area contributed by atoms with Crippen molar-refractivity contribution in [3.8, 4) is 11.1 Å². The van der Waals surface area contributed by atoms with Crippen molar-refractivity contribution in [2.75, 3.05) is 0 Å². The Labute approximate surface area is 186 Å². The highest BCUT2D eigenvalue weighted by molar-refractivity contribution is 7.90. The number of nitrogens with zero attached hydrogens (tertiary/aromatic N) is 4. The molecular formula is C24H24N4O3S. The van der Waals surface area contributed by atoms with E-state index < -0.39 is 10.0 Å².